The average molecular weight is 216 g/mol. The lowest BCUT2D eigenvalue weighted by Crippen LogP contribution is -2.43. The van der Waals surface area contributed by atoms with Crippen molar-refractivity contribution < 1.29 is 14.6 Å². The minimum absolute atomic E-state index is 0.161. The highest BCUT2D eigenvalue weighted by Crippen LogP contribution is 2.10. The zero-order chi connectivity index (χ0) is 11.3. The number of carbonyl (C=O) groups excluding carboxylic acids is 1. The maximum absolute atomic E-state index is 11.5. The second-order valence-corrected chi connectivity index (χ2v) is 4.05. The van der Waals surface area contributed by atoms with Crippen molar-refractivity contribution in [2.75, 3.05) is 26.7 Å². The molecule has 5 nitrogen and oxygen atoms in total. The van der Waals surface area contributed by atoms with E-state index in [1.807, 2.05) is 0 Å². The molecule has 5 heteroatoms. The highest BCUT2D eigenvalue weighted by atomic mass is 16.5. The summed E-state index contributed by atoms with van der Waals surface area (Å²) < 4.78 is 5.38. The van der Waals surface area contributed by atoms with Crippen LogP contribution in [0.4, 0.5) is 4.79 Å². The van der Waals surface area contributed by atoms with Gasteiger partial charge in [-0.1, -0.05) is 0 Å². The van der Waals surface area contributed by atoms with E-state index in [1.54, 1.807) is 14.0 Å². The summed E-state index contributed by atoms with van der Waals surface area (Å²) in [5.74, 6) is 0. The molecule has 2 atom stereocenters. The Labute approximate surface area is 90.4 Å². The molecule has 0 aromatic carbocycles. The topological polar surface area (TPSA) is 61.8 Å². The van der Waals surface area contributed by atoms with Crippen LogP contribution in [0.1, 0.15) is 19.8 Å². The lowest BCUT2D eigenvalue weighted by atomic mass is 10.2. The summed E-state index contributed by atoms with van der Waals surface area (Å²) in [7, 11) is 1.66. The van der Waals surface area contributed by atoms with Crippen LogP contribution in [0.2, 0.25) is 0 Å². The Kier molecular flexibility index (Phi) is 4.84. The fraction of sp³-hybridized carbons (Fsp3) is 0.900. The number of ether oxygens (including phenoxy) is 1. The van der Waals surface area contributed by atoms with Gasteiger partial charge in [0.1, 0.15) is 0 Å². The summed E-state index contributed by atoms with van der Waals surface area (Å²) in [5, 5.41) is 11.9. The van der Waals surface area contributed by atoms with Crippen LogP contribution >= 0.6 is 0 Å². The molecule has 1 heterocycles. The van der Waals surface area contributed by atoms with Crippen LogP contribution in [0.15, 0.2) is 0 Å². The van der Waals surface area contributed by atoms with E-state index in [0.29, 0.717) is 13.1 Å². The van der Waals surface area contributed by atoms with Gasteiger partial charge in [0.05, 0.1) is 12.2 Å². The molecule has 88 valence electrons. The lowest BCUT2D eigenvalue weighted by Gasteiger charge is -2.20. The highest BCUT2D eigenvalue weighted by molar-refractivity contribution is 5.73. The van der Waals surface area contributed by atoms with Gasteiger partial charge in [-0.15, -0.1) is 0 Å². The SMILES string of the molecule is CC(O)CN(C)C(=O)NCC1CCCO1. The summed E-state index contributed by atoms with van der Waals surface area (Å²) in [4.78, 5) is 13.0. The number of aliphatic hydroxyl groups excluding tert-OH is 1. The number of hydrogen-bond donors (Lipinski definition) is 2. The summed E-state index contributed by atoms with van der Waals surface area (Å²) in [6, 6.07) is -0.161. The molecule has 0 spiro atoms. The minimum atomic E-state index is -0.497. The van der Waals surface area contributed by atoms with Gasteiger partial charge in [0.25, 0.3) is 0 Å². The van der Waals surface area contributed by atoms with Crippen LogP contribution in [0.25, 0.3) is 0 Å². The molecule has 1 rings (SSSR count). The molecule has 0 saturated carbocycles. The van der Waals surface area contributed by atoms with Gasteiger partial charge in [0.2, 0.25) is 0 Å². The van der Waals surface area contributed by atoms with Gasteiger partial charge in [-0.05, 0) is 19.8 Å². The Morgan fingerprint density at radius 3 is 3.00 bits per heavy atom. The average Bonchev–Trinajstić information content (AvgIpc) is 2.65. The first-order valence-electron chi connectivity index (χ1n) is 5.38. The van der Waals surface area contributed by atoms with Crippen molar-refractivity contribution >= 4 is 6.03 Å². The van der Waals surface area contributed by atoms with Crippen LogP contribution in [-0.4, -0.2) is 55.0 Å². The van der Waals surface area contributed by atoms with Crippen molar-refractivity contribution in [2.24, 2.45) is 0 Å². The Hall–Kier alpha value is -0.810. The quantitative estimate of drug-likeness (QED) is 0.705. The number of urea groups is 1. The molecule has 1 aliphatic rings. The molecule has 1 fully saturated rings. The van der Waals surface area contributed by atoms with E-state index >= 15 is 0 Å². The number of nitrogens with zero attached hydrogens (tertiary/aromatic N) is 1. The zero-order valence-corrected chi connectivity index (χ0v) is 9.40. The molecule has 0 bridgehead atoms. The first-order chi connectivity index (χ1) is 7.09. The fourth-order valence-electron chi connectivity index (χ4n) is 1.62. The molecule has 1 aliphatic heterocycles. The number of hydrogen-bond acceptors (Lipinski definition) is 3. The smallest absolute Gasteiger partial charge is 0.317 e. The van der Waals surface area contributed by atoms with E-state index < -0.39 is 6.10 Å². The predicted molar refractivity (Wildman–Crippen MR) is 56.7 cm³/mol. The largest absolute Gasteiger partial charge is 0.392 e. The third-order valence-electron chi connectivity index (χ3n) is 2.39. The van der Waals surface area contributed by atoms with Gasteiger partial charge in [0, 0.05) is 26.7 Å². The first kappa shape index (κ1) is 12.3. The summed E-state index contributed by atoms with van der Waals surface area (Å²) in [5.41, 5.74) is 0. The van der Waals surface area contributed by atoms with E-state index in [9.17, 15) is 4.79 Å². The van der Waals surface area contributed by atoms with Gasteiger partial charge in [-0.3, -0.25) is 0 Å². The Morgan fingerprint density at radius 1 is 1.73 bits per heavy atom. The maximum atomic E-state index is 11.5. The van der Waals surface area contributed by atoms with E-state index in [2.05, 4.69) is 5.32 Å². The number of likely N-dealkylation sites (N-methyl/N-ethyl adjacent to an activating group) is 1. The van der Waals surface area contributed by atoms with Gasteiger partial charge < -0.3 is 20.1 Å². The van der Waals surface area contributed by atoms with Crippen molar-refractivity contribution in [1.82, 2.24) is 10.2 Å². The third kappa shape index (κ3) is 4.48. The van der Waals surface area contributed by atoms with Gasteiger partial charge >= 0.3 is 6.03 Å². The van der Waals surface area contributed by atoms with Crippen LogP contribution in [0.3, 0.4) is 0 Å². The first-order valence-corrected chi connectivity index (χ1v) is 5.38. The molecule has 15 heavy (non-hydrogen) atoms. The maximum Gasteiger partial charge on any atom is 0.317 e. The third-order valence-corrected chi connectivity index (χ3v) is 2.39. The van der Waals surface area contributed by atoms with Crippen molar-refractivity contribution in [2.45, 2.75) is 32.0 Å². The van der Waals surface area contributed by atoms with Crippen molar-refractivity contribution in [3.05, 3.63) is 0 Å². The molecule has 0 aromatic rings. The van der Waals surface area contributed by atoms with Gasteiger partial charge in [0.15, 0.2) is 0 Å². The highest BCUT2D eigenvalue weighted by Gasteiger charge is 2.17. The predicted octanol–water partition coefficient (Wildman–Crippen LogP) is 0.188. The normalized spacial score (nSPS) is 22.5. The van der Waals surface area contributed by atoms with E-state index in [4.69, 9.17) is 9.84 Å². The molecule has 2 unspecified atom stereocenters. The van der Waals surface area contributed by atoms with E-state index in [0.717, 1.165) is 19.4 Å². The number of amides is 2. The van der Waals surface area contributed by atoms with Crippen LogP contribution in [0, 0.1) is 0 Å². The summed E-state index contributed by atoms with van der Waals surface area (Å²) in [6.45, 7) is 3.36. The Morgan fingerprint density at radius 2 is 2.47 bits per heavy atom. The number of rotatable bonds is 4. The number of aliphatic hydroxyl groups is 1. The van der Waals surface area contributed by atoms with Crippen molar-refractivity contribution in [3.8, 4) is 0 Å². The van der Waals surface area contributed by atoms with Crippen molar-refractivity contribution in [3.63, 3.8) is 0 Å². The number of carbonyl (C=O) groups is 1. The van der Waals surface area contributed by atoms with Gasteiger partial charge in [-0.2, -0.15) is 0 Å². The Balaban J connectivity index is 2.16. The van der Waals surface area contributed by atoms with Gasteiger partial charge in [-0.25, -0.2) is 4.79 Å². The second kappa shape index (κ2) is 5.92. The molecular weight excluding hydrogens is 196 g/mol. The molecular formula is C10H20N2O3. The van der Waals surface area contributed by atoms with Crippen molar-refractivity contribution in [1.29, 1.82) is 0 Å². The molecule has 1 saturated heterocycles. The van der Waals surface area contributed by atoms with E-state index in [1.165, 1.54) is 4.90 Å². The van der Waals surface area contributed by atoms with Crippen LogP contribution < -0.4 is 5.32 Å². The summed E-state index contributed by atoms with van der Waals surface area (Å²) in [6.07, 6.45) is 1.75. The monoisotopic (exact) mass is 216 g/mol. The summed E-state index contributed by atoms with van der Waals surface area (Å²) >= 11 is 0. The fourth-order valence-corrected chi connectivity index (χ4v) is 1.62. The van der Waals surface area contributed by atoms with Crippen LogP contribution in [-0.2, 0) is 4.74 Å². The number of nitrogens with one attached hydrogen (secondary N) is 1. The molecule has 2 N–H and O–H groups in total. The zero-order valence-electron chi connectivity index (χ0n) is 9.40. The standard InChI is InChI=1S/C10H20N2O3/c1-8(13)7-12(2)10(14)11-6-9-4-3-5-15-9/h8-9,13H,3-7H2,1-2H3,(H,11,14). The Bertz CT molecular complexity index is 203. The second-order valence-electron chi connectivity index (χ2n) is 4.05. The molecule has 2 amide bonds. The minimum Gasteiger partial charge on any atom is -0.392 e. The molecule has 0 aromatic heterocycles. The van der Waals surface area contributed by atoms with Crippen LogP contribution in [0.5, 0.6) is 0 Å². The lowest BCUT2D eigenvalue weighted by molar-refractivity contribution is 0.107. The molecule has 0 aliphatic carbocycles. The molecule has 0 radical (unpaired) electrons. The van der Waals surface area contributed by atoms with E-state index in [-0.39, 0.29) is 12.1 Å².